The monoisotopic (exact) mass is 281 g/mol. The lowest BCUT2D eigenvalue weighted by Crippen LogP contribution is -2.47. The van der Waals surface area contributed by atoms with Crippen LogP contribution in [0.15, 0.2) is 0 Å². The Labute approximate surface area is 109 Å². The maximum absolute atomic E-state index is 13.0. The van der Waals surface area contributed by atoms with Gasteiger partial charge in [-0.2, -0.15) is 13.2 Å². The van der Waals surface area contributed by atoms with E-state index >= 15 is 0 Å². The number of alkyl halides is 3. The van der Waals surface area contributed by atoms with E-state index in [1.165, 1.54) is 0 Å². The van der Waals surface area contributed by atoms with E-state index in [0.717, 1.165) is 12.8 Å². The lowest BCUT2D eigenvalue weighted by molar-refractivity contribution is -0.227. The van der Waals surface area contributed by atoms with Gasteiger partial charge in [-0.3, -0.25) is 9.69 Å². The van der Waals surface area contributed by atoms with Gasteiger partial charge in [-0.05, 0) is 32.7 Å². The molecule has 2 fully saturated rings. The average Bonchev–Trinajstić information content (AvgIpc) is 2.85. The first-order valence-electron chi connectivity index (χ1n) is 6.42. The van der Waals surface area contributed by atoms with Crippen molar-refractivity contribution in [1.82, 2.24) is 4.90 Å². The molecule has 0 aromatic carbocycles. The van der Waals surface area contributed by atoms with Crippen molar-refractivity contribution < 1.29 is 27.8 Å². The van der Waals surface area contributed by atoms with Crippen molar-refractivity contribution in [2.75, 3.05) is 19.6 Å². The smallest absolute Gasteiger partial charge is 0.406 e. The topological polar surface area (TPSA) is 49.8 Å². The first-order valence-corrected chi connectivity index (χ1v) is 6.42. The fourth-order valence-electron chi connectivity index (χ4n) is 2.88. The Balaban J connectivity index is 1.99. The summed E-state index contributed by atoms with van der Waals surface area (Å²) < 4.78 is 44.5. The van der Waals surface area contributed by atoms with Gasteiger partial charge in [-0.15, -0.1) is 0 Å². The third-order valence-electron chi connectivity index (χ3n) is 4.08. The van der Waals surface area contributed by atoms with Gasteiger partial charge in [0.15, 0.2) is 5.41 Å². The SMILES string of the molecule is CC1CCC(CN2CCC(C(=O)O)(C(F)(F)F)C2)O1. The van der Waals surface area contributed by atoms with E-state index in [-0.39, 0.29) is 25.2 Å². The fraction of sp³-hybridized carbons (Fsp3) is 0.917. The molecule has 19 heavy (non-hydrogen) atoms. The summed E-state index contributed by atoms with van der Waals surface area (Å²) in [6.07, 6.45) is -3.30. The second-order valence-electron chi connectivity index (χ2n) is 5.52. The van der Waals surface area contributed by atoms with Crippen LogP contribution in [0.1, 0.15) is 26.2 Å². The van der Waals surface area contributed by atoms with Crippen LogP contribution in [-0.2, 0) is 9.53 Å². The summed E-state index contributed by atoms with van der Waals surface area (Å²) >= 11 is 0. The molecule has 3 atom stereocenters. The molecule has 1 N–H and O–H groups in total. The molecule has 2 rings (SSSR count). The number of hydrogen-bond donors (Lipinski definition) is 1. The highest BCUT2D eigenvalue weighted by molar-refractivity contribution is 5.76. The van der Waals surface area contributed by atoms with Crippen molar-refractivity contribution in [1.29, 1.82) is 0 Å². The van der Waals surface area contributed by atoms with Crippen LogP contribution in [0.5, 0.6) is 0 Å². The van der Waals surface area contributed by atoms with E-state index in [0.29, 0.717) is 6.54 Å². The van der Waals surface area contributed by atoms with Crippen LogP contribution >= 0.6 is 0 Å². The number of carbonyl (C=O) groups is 1. The average molecular weight is 281 g/mol. The minimum absolute atomic E-state index is 0.0761. The Morgan fingerprint density at radius 2 is 2.16 bits per heavy atom. The zero-order valence-corrected chi connectivity index (χ0v) is 10.7. The summed E-state index contributed by atoms with van der Waals surface area (Å²) in [4.78, 5) is 12.6. The fourth-order valence-corrected chi connectivity index (χ4v) is 2.88. The second-order valence-corrected chi connectivity index (χ2v) is 5.52. The predicted octanol–water partition coefficient (Wildman–Crippen LogP) is 1.89. The van der Waals surface area contributed by atoms with Crippen LogP contribution in [0.3, 0.4) is 0 Å². The van der Waals surface area contributed by atoms with Crippen molar-refractivity contribution in [3.05, 3.63) is 0 Å². The number of halogens is 3. The maximum atomic E-state index is 13.0. The highest BCUT2D eigenvalue weighted by atomic mass is 19.4. The summed E-state index contributed by atoms with van der Waals surface area (Å²) in [7, 11) is 0. The number of ether oxygens (including phenoxy) is 1. The zero-order valence-electron chi connectivity index (χ0n) is 10.7. The quantitative estimate of drug-likeness (QED) is 0.858. The summed E-state index contributed by atoms with van der Waals surface area (Å²) in [6, 6.07) is 0. The molecule has 0 aliphatic carbocycles. The van der Waals surface area contributed by atoms with Crippen molar-refractivity contribution >= 4 is 5.97 Å². The molecule has 7 heteroatoms. The molecule has 2 saturated heterocycles. The molecule has 0 saturated carbocycles. The van der Waals surface area contributed by atoms with Gasteiger partial charge in [0.1, 0.15) is 0 Å². The van der Waals surface area contributed by atoms with E-state index in [1.807, 2.05) is 6.92 Å². The number of hydrogen-bond acceptors (Lipinski definition) is 3. The van der Waals surface area contributed by atoms with Gasteiger partial charge in [-0.1, -0.05) is 0 Å². The Morgan fingerprint density at radius 1 is 1.47 bits per heavy atom. The first kappa shape index (κ1) is 14.6. The molecule has 0 aromatic rings. The minimum atomic E-state index is -4.71. The van der Waals surface area contributed by atoms with Crippen LogP contribution in [0.2, 0.25) is 0 Å². The summed E-state index contributed by atoms with van der Waals surface area (Å²) in [5, 5.41) is 8.94. The largest absolute Gasteiger partial charge is 0.481 e. The van der Waals surface area contributed by atoms with Crippen LogP contribution in [-0.4, -0.2) is 54.0 Å². The Bertz CT molecular complexity index is 361. The Morgan fingerprint density at radius 3 is 2.58 bits per heavy atom. The van der Waals surface area contributed by atoms with Gasteiger partial charge in [0.05, 0.1) is 12.2 Å². The van der Waals surface area contributed by atoms with Crippen molar-refractivity contribution in [3.8, 4) is 0 Å². The van der Waals surface area contributed by atoms with E-state index < -0.39 is 24.1 Å². The van der Waals surface area contributed by atoms with Gasteiger partial charge < -0.3 is 9.84 Å². The number of carboxylic acids is 1. The number of aliphatic carboxylic acids is 1. The lowest BCUT2D eigenvalue weighted by atomic mass is 9.86. The van der Waals surface area contributed by atoms with Gasteiger partial charge in [0.25, 0.3) is 0 Å². The molecule has 0 bridgehead atoms. The van der Waals surface area contributed by atoms with Gasteiger partial charge >= 0.3 is 12.1 Å². The molecule has 0 amide bonds. The molecule has 0 aromatic heterocycles. The van der Waals surface area contributed by atoms with Crippen molar-refractivity contribution in [2.24, 2.45) is 5.41 Å². The third-order valence-corrected chi connectivity index (χ3v) is 4.08. The molecular weight excluding hydrogens is 263 g/mol. The van der Waals surface area contributed by atoms with Gasteiger partial charge in [0, 0.05) is 13.1 Å². The standard InChI is InChI=1S/C12H18F3NO3/c1-8-2-3-9(19-8)6-16-5-4-11(7-16,10(17)18)12(13,14)15/h8-9H,2-7H2,1H3,(H,17,18). The maximum Gasteiger partial charge on any atom is 0.406 e. The van der Waals surface area contributed by atoms with E-state index in [1.54, 1.807) is 4.90 Å². The zero-order chi connectivity index (χ0) is 14.3. The number of likely N-dealkylation sites (tertiary alicyclic amines) is 1. The van der Waals surface area contributed by atoms with E-state index in [9.17, 15) is 18.0 Å². The number of carboxylic acid groups (broad SMARTS) is 1. The Kier molecular flexibility index (Phi) is 3.79. The summed E-state index contributed by atoms with van der Waals surface area (Å²) in [6.45, 7) is 2.00. The predicted molar refractivity (Wildman–Crippen MR) is 60.7 cm³/mol. The summed E-state index contributed by atoms with van der Waals surface area (Å²) in [5.41, 5.74) is -2.61. The molecule has 2 heterocycles. The highest BCUT2D eigenvalue weighted by Crippen LogP contribution is 2.45. The van der Waals surface area contributed by atoms with E-state index in [2.05, 4.69) is 0 Å². The first-order chi connectivity index (χ1) is 8.74. The second kappa shape index (κ2) is 4.94. The molecule has 4 nitrogen and oxygen atoms in total. The number of nitrogens with zero attached hydrogens (tertiary/aromatic N) is 1. The van der Waals surface area contributed by atoms with Crippen molar-refractivity contribution in [2.45, 2.75) is 44.6 Å². The van der Waals surface area contributed by atoms with Gasteiger partial charge in [0.2, 0.25) is 0 Å². The van der Waals surface area contributed by atoms with Crippen LogP contribution in [0.25, 0.3) is 0 Å². The van der Waals surface area contributed by atoms with Gasteiger partial charge in [-0.25, -0.2) is 0 Å². The molecule has 110 valence electrons. The Hall–Kier alpha value is -0.820. The minimum Gasteiger partial charge on any atom is -0.481 e. The number of rotatable bonds is 3. The lowest BCUT2D eigenvalue weighted by Gasteiger charge is -2.28. The van der Waals surface area contributed by atoms with E-state index in [4.69, 9.17) is 9.84 Å². The molecule has 0 spiro atoms. The van der Waals surface area contributed by atoms with Crippen LogP contribution < -0.4 is 0 Å². The third kappa shape index (κ3) is 2.72. The molecule has 2 aliphatic rings. The normalized spacial score (nSPS) is 36.8. The molecular formula is C12H18F3NO3. The van der Waals surface area contributed by atoms with Crippen LogP contribution in [0.4, 0.5) is 13.2 Å². The van der Waals surface area contributed by atoms with Crippen molar-refractivity contribution in [3.63, 3.8) is 0 Å². The molecule has 2 aliphatic heterocycles. The summed E-state index contributed by atoms with van der Waals surface area (Å²) in [5.74, 6) is -1.77. The molecule has 0 radical (unpaired) electrons. The van der Waals surface area contributed by atoms with Crippen LogP contribution in [0, 0.1) is 5.41 Å². The molecule has 3 unspecified atom stereocenters. The highest BCUT2D eigenvalue weighted by Gasteiger charge is 2.63.